The van der Waals surface area contributed by atoms with Crippen molar-refractivity contribution < 1.29 is 4.74 Å². The summed E-state index contributed by atoms with van der Waals surface area (Å²) in [7, 11) is 0. The van der Waals surface area contributed by atoms with Crippen LogP contribution in [0.1, 0.15) is 27.2 Å². The molecule has 1 N–H and O–H groups in total. The van der Waals surface area contributed by atoms with E-state index in [1.54, 1.807) is 0 Å². The van der Waals surface area contributed by atoms with Gasteiger partial charge in [-0.15, -0.1) is 0 Å². The monoisotopic (exact) mass is 333 g/mol. The van der Waals surface area contributed by atoms with Gasteiger partial charge in [0.15, 0.2) is 0 Å². The molecular formula is C14H21BrClNO. The van der Waals surface area contributed by atoms with Gasteiger partial charge >= 0.3 is 0 Å². The largest absolute Gasteiger partial charge is 0.492 e. The van der Waals surface area contributed by atoms with E-state index in [1.807, 2.05) is 18.2 Å². The van der Waals surface area contributed by atoms with Crippen molar-refractivity contribution in [1.29, 1.82) is 0 Å². The Hall–Kier alpha value is -0.250. The first-order chi connectivity index (χ1) is 8.44. The smallest absolute Gasteiger partial charge is 0.133 e. The van der Waals surface area contributed by atoms with Gasteiger partial charge in [-0.3, -0.25) is 0 Å². The third-order valence-electron chi connectivity index (χ3n) is 2.54. The number of rotatable bonds is 7. The second kappa shape index (κ2) is 7.37. The predicted molar refractivity (Wildman–Crippen MR) is 81.6 cm³/mol. The standard InChI is InChI=1S/C14H21BrClNO/c1-4-7-17-9-14(2,3)10-18-13-6-5-11(16)8-12(13)15/h5-6,8,17H,4,7,9-10H2,1-3H3. The lowest BCUT2D eigenvalue weighted by molar-refractivity contribution is 0.176. The molecule has 0 heterocycles. The number of benzene rings is 1. The highest BCUT2D eigenvalue weighted by molar-refractivity contribution is 9.10. The van der Waals surface area contributed by atoms with Gasteiger partial charge < -0.3 is 10.1 Å². The molecule has 0 aliphatic heterocycles. The van der Waals surface area contributed by atoms with Crippen LogP contribution in [0.25, 0.3) is 0 Å². The summed E-state index contributed by atoms with van der Waals surface area (Å²) in [6.45, 7) is 9.23. The van der Waals surface area contributed by atoms with E-state index in [4.69, 9.17) is 16.3 Å². The summed E-state index contributed by atoms with van der Waals surface area (Å²) in [4.78, 5) is 0. The van der Waals surface area contributed by atoms with Gasteiger partial charge in [0.25, 0.3) is 0 Å². The van der Waals surface area contributed by atoms with Crippen LogP contribution in [0.5, 0.6) is 5.75 Å². The van der Waals surface area contributed by atoms with E-state index in [0.717, 1.165) is 29.7 Å². The summed E-state index contributed by atoms with van der Waals surface area (Å²) >= 11 is 9.35. The highest BCUT2D eigenvalue weighted by atomic mass is 79.9. The van der Waals surface area contributed by atoms with Gasteiger partial charge in [0.05, 0.1) is 11.1 Å². The molecule has 0 saturated heterocycles. The molecule has 0 fully saturated rings. The van der Waals surface area contributed by atoms with Crippen molar-refractivity contribution in [1.82, 2.24) is 5.32 Å². The molecule has 0 aliphatic rings. The zero-order chi connectivity index (χ0) is 13.6. The Morgan fingerprint density at radius 1 is 1.39 bits per heavy atom. The van der Waals surface area contributed by atoms with Gasteiger partial charge in [-0.25, -0.2) is 0 Å². The molecule has 0 atom stereocenters. The molecule has 0 spiro atoms. The molecule has 0 aliphatic carbocycles. The normalized spacial score (nSPS) is 11.6. The summed E-state index contributed by atoms with van der Waals surface area (Å²) in [5.74, 6) is 0.836. The Balaban J connectivity index is 2.48. The molecule has 18 heavy (non-hydrogen) atoms. The first-order valence-corrected chi connectivity index (χ1v) is 7.40. The highest BCUT2D eigenvalue weighted by Crippen LogP contribution is 2.29. The fourth-order valence-corrected chi connectivity index (χ4v) is 2.32. The average Bonchev–Trinajstić information content (AvgIpc) is 2.28. The lowest BCUT2D eigenvalue weighted by atomic mass is 9.95. The van der Waals surface area contributed by atoms with Gasteiger partial charge in [0, 0.05) is 17.0 Å². The van der Waals surface area contributed by atoms with Crippen molar-refractivity contribution in [2.75, 3.05) is 19.7 Å². The van der Waals surface area contributed by atoms with Crippen molar-refractivity contribution in [3.63, 3.8) is 0 Å². The molecular weight excluding hydrogens is 314 g/mol. The zero-order valence-corrected chi connectivity index (χ0v) is 13.6. The van der Waals surface area contributed by atoms with Crippen LogP contribution < -0.4 is 10.1 Å². The van der Waals surface area contributed by atoms with Crippen LogP contribution in [0.15, 0.2) is 22.7 Å². The second-order valence-corrected chi connectivity index (χ2v) is 6.50. The molecule has 1 rings (SSSR count). The van der Waals surface area contributed by atoms with Crippen molar-refractivity contribution in [3.05, 3.63) is 27.7 Å². The average molecular weight is 335 g/mol. The fourth-order valence-electron chi connectivity index (χ4n) is 1.52. The Labute approximate surface area is 123 Å². The summed E-state index contributed by atoms with van der Waals surface area (Å²) < 4.78 is 6.74. The molecule has 1 aromatic carbocycles. The van der Waals surface area contributed by atoms with E-state index in [2.05, 4.69) is 42.0 Å². The minimum atomic E-state index is 0.105. The highest BCUT2D eigenvalue weighted by Gasteiger charge is 2.18. The van der Waals surface area contributed by atoms with Crippen LogP contribution in [0.2, 0.25) is 5.02 Å². The number of nitrogens with one attached hydrogen (secondary N) is 1. The molecule has 1 aromatic rings. The maximum absolute atomic E-state index is 5.90. The summed E-state index contributed by atoms with van der Waals surface area (Å²) in [5, 5.41) is 4.13. The van der Waals surface area contributed by atoms with Gasteiger partial charge in [-0.05, 0) is 47.1 Å². The zero-order valence-electron chi connectivity index (χ0n) is 11.2. The molecule has 0 saturated carbocycles. The Kier molecular flexibility index (Phi) is 6.47. The van der Waals surface area contributed by atoms with Crippen LogP contribution in [0.3, 0.4) is 0 Å². The Bertz CT molecular complexity index is 382. The van der Waals surface area contributed by atoms with Gasteiger partial charge in [-0.2, -0.15) is 0 Å². The van der Waals surface area contributed by atoms with Crippen LogP contribution >= 0.6 is 27.5 Å². The molecule has 0 bridgehead atoms. The summed E-state index contributed by atoms with van der Waals surface area (Å²) in [6.07, 6.45) is 1.15. The minimum Gasteiger partial charge on any atom is -0.492 e. The maximum Gasteiger partial charge on any atom is 0.133 e. The SMILES string of the molecule is CCCNCC(C)(C)COc1ccc(Cl)cc1Br. The quantitative estimate of drug-likeness (QED) is 0.741. The Morgan fingerprint density at radius 3 is 2.72 bits per heavy atom. The molecule has 0 radical (unpaired) electrons. The summed E-state index contributed by atoms with van der Waals surface area (Å²) in [6, 6.07) is 5.57. The van der Waals surface area contributed by atoms with Crippen molar-refractivity contribution in [3.8, 4) is 5.75 Å². The van der Waals surface area contributed by atoms with Crippen molar-refractivity contribution >= 4 is 27.5 Å². The number of ether oxygens (including phenoxy) is 1. The topological polar surface area (TPSA) is 21.3 Å². The number of halogens is 2. The second-order valence-electron chi connectivity index (χ2n) is 5.20. The molecule has 0 unspecified atom stereocenters. The predicted octanol–water partition coefficient (Wildman–Crippen LogP) is 4.51. The lowest BCUT2D eigenvalue weighted by Crippen LogP contribution is -2.34. The minimum absolute atomic E-state index is 0.105. The van der Waals surface area contributed by atoms with E-state index in [0.29, 0.717) is 11.6 Å². The van der Waals surface area contributed by atoms with Gasteiger partial charge in [0.2, 0.25) is 0 Å². The number of hydrogen-bond acceptors (Lipinski definition) is 2. The third-order valence-corrected chi connectivity index (χ3v) is 3.40. The van der Waals surface area contributed by atoms with E-state index < -0.39 is 0 Å². The van der Waals surface area contributed by atoms with Gasteiger partial charge in [0.1, 0.15) is 5.75 Å². The van der Waals surface area contributed by atoms with Crippen LogP contribution in [-0.4, -0.2) is 19.7 Å². The molecule has 0 aromatic heterocycles. The Morgan fingerprint density at radius 2 is 2.11 bits per heavy atom. The van der Waals surface area contributed by atoms with Crippen molar-refractivity contribution in [2.24, 2.45) is 5.41 Å². The third kappa shape index (κ3) is 5.59. The fraction of sp³-hybridized carbons (Fsp3) is 0.571. The van der Waals surface area contributed by atoms with Crippen LogP contribution in [0.4, 0.5) is 0 Å². The molecule has 102 valence electrons. The molecule has 4 heteroatoms. The van der Waals surface area contributed by atoms with E-state index in [9.17, 15) is 0 Å². The van der Waals surface area contributed by atoms with Crippen molar-refractivity contribution in [2.45, 2.75) is 27.2 Å². The van der Waals surface area contributed by atoms with E-state index in [1.165, 1.54) is 0 Å². The first kappa shape index (κ1) is 15.8. The summed E-state index contributed by atoms with van der Waals surface area (Å²) in [5.41, 5.74) is 0.105. The van der Waals surface area contributed by atoms with Crippen LogP contribution in [-0.2, 0) is 0 Å². The van der Waals surface area contributed by atoms with E-state index in [-0.39, 0.29) is 5.41 Å². The first-order valence-electron chi connectivity index (χ1n) is 6.23. The maximum atomic E-state index is 5.90. The van der Waals surface area contributed by atoms with E-state index >= 15 is 0 Å². The molecule has 2 nitrogen and oxygen atoms in total. The lowest BCUT2D eigenvalue weighted by Gasteiger charge is -2.25. The van der Waals surface area contributed by atoms with Gasteiger partial charge in [-0.1, -0.05) is 32.4 Å². The van der Waals surface area contributed by atoms with Crippen LogP contribution in [0, 0.1) is 5.41 Å². The molecule has 0 amide bonds. The number of hydrogen-bond donors (Lipinski definition) is 1.